The maximum atomic E-state index is 13.1. The summed E-state index contributed by atoms with van der Waals surface area (Å²) in [6.07, 6.45) is 0. The van der Waals surface area contributed by atoms with E-state index >= 15 is 0 Å². The van der Waals surface area contributed by atoms with Crippen molar-refractivity contribution in [3.63, 3.8) is 0 Å². The second-order valence-corrected chi connectivity index (χ2v) is 14.0. The molecule has 0 aliphatic heterocycles. The molecule has 0 fully saturated rings. The molecular formula is C40H36N2O4. The average molecular weight is 609 g/mol. The van der Waals surface area contributed by atoms with E-state index in [1.54, 1.807) is 6.07 Å². The summed E-state index contributed by atoms with van der Waals surface area (Å²) in [4.78, 5) is 25.0. The summed E-state index contributed by atoms with van der Waals surface area (Å²) in [5, 5.41) is 14.5. The molecule has 1 N–H and O–H groups in total. The molecule has 2 aromatic heterocycles. The quantitative estimate of drug-likeness (QED) is 0.198. The van der Waals surface area contributed by atoms with Crippen molar-refractivity contribution in [2.24, 2.45) is 0 Å². The van der Waals surface area contributed by atoms with Gasteiger partial charge in [0.2, 0.25) is 0 Å². The molecule has 0 saturated carbocycles. The predicted octanol–water partition coefficient (Wildman–Crippen LogP) is 9.71. The maximum Gasteiger partial charge on any atom is 0.337 e. The minimum atomic E-state index is -1.02. The minimum absolute atomic E-state index is 0.191. The lowest BCUT2D eigenvalue weighted by Gasteiger charge is -2.21. The first kappa shape index (κ1) is 29.4. The number of carbonyl (C=O) groups is 2. The minimum Gasteiger partial charge on any atom is -0.478 e. The number of para-hydroxylation sites is 2. The molecule has 46 heavy (non-hydrogen) atoms. The van der Waals surface area contributed by atoms with Crippen LogP contribution in [-0.4, -0.2) is 26.7 Å². The van der Waals surface area contributed by atoms with Crippen molar-refractivity contribution in [1.29, 1.82) is 0 Å². The highest BCUT2D eigenvalue weighted by Crippen LogP contribution is 2.44. The van der Waals surface area contributed by atoms with Crippen LogP contribution in [0.5, 0.6) is 5.75 Å². The van der Waals surface area contributed by atoms with Gasteiger partial charge >= 0.3 is 5.97 Å². The highest BCUT2D eigenvalue weighted by molar-refractivity contribution is 6.18. The summed E-state index contributed by atoms with van der Waals surface area (Å²) in [6, 6.07) is 32.6. The van der Waals surface area contributed by atoms with Crippen LogP contribution < -0.4 is 4.74 Å². The van der Waals surface area contributed by atoms with Crippen molar-refractivity contribution in [2.75, 3.05) is 0 Å². The van der Waals surface area contributed by atoms with Gasteiger partial charge in [0.15, 0.2) is 5.75 Å². The van der Waals surface area contributed by atoms with Gasteiger partial charge in [-0.3, -0.25) is 4.79 Å². The fraction of sp³-hybridized carbons (Fsp3) is 0.200. The molecule has 2 heterocycles. The lowest BCUT2D eigenvalue weighted by molar-refractivity contribution is -0.120. The molecule has 0 saturated heterocycles. The van der Waals surface area contributed by atoms with Crippen molar-refractivity contribution in [1.82, 2.24) is 9.13 Å². The first-order valence-corrected chi connectivity index (χ1v) is 15.5. The Labute approximate surface area is 267 Å². The summed E-state index contributed by atoms with van der Waals surface area (Å²) >= 11 is 0. The van der Waals surface area contributed by atoms with E-state index in [0.717, 1.165) is 55.1 Å². The standard InChI is InChI=1S/C40H36N2O4/c1-39(2,3)24-18-30-31-19-25(40(4,5)6)21-35(46-23-43)37(31)42(36(30)32(20-24)38(44)45)27-16-17-29-28-14-10-11-15-33(28)41(34(29)22-27)26-12-8-7-9-13-26/h7-23H,1-6H3,(H,44,45). The number of carboxylic acids is 1. The van der Waals surface area contributed by atoms with E-state index in [0.29, 0.717) is 23.3 Å². The fourth-order valence-electron chi connectivity index (χ4n) is 6.62. The van der Waals surface area contributed by atoms with Gasteiger partial charge in [-0.2, -0.15) is 0 Å². The topological polar surface area (TPSA) is 73.5 Å². The Morgan fingerprint density at radius 1 is 0.630 bits per heavy atom. The van der Waals surface area contributed by atoms with Crippen molar-refractivity contribution >= 4 is 56.1 Å². The van der Waals surface area contributed by atoms with Crippen molar-refractivity contribution in [2.45, 2.75) is 52.4 Å². The normalized spacial score (nSPS) is 12.4. The van der Waals surface area contributed by atoms with E-state index in [9.17, 15) is 14.7 Å². The number of nitrogens with zero attached hydrogens (tertiary/aromatic N) is 2. The third kappa shape index (κ3) is 4.55. The second-order valence-electron chi connectivity index (χ2n) is 14.0. The summed E-state index contributed by atoms with van der Waals surface area (Å²) < 4.78 is 9.91. The molecule has 0 spiro atoms. The Morgan fingerprint density at radius 2 is 1.24 bits per heavy atom. The van der Waals surface area contributed by atoms with Crippen molar-refractivity contribution in [3.8, 4) is 17.1 Å². The molecule has 7 aromatic rings. The SMILES string of the molecule is CC(C)(C)c1cc(OC=O)c2c(c1)c1cc(C(C)(C)C)cc(C(=O)O)c1n2-c1ccc2c3ccccc3n(-c3ccccc3)c2c1. The molecule has 5 aromatic carbocycles. The first-order valence-electron chi connectivity index (χ1n) is 15.5. The van der Waals surface area contributed by atoms with Gasteiger partial charge in [-0.1, -0.05) is 84.0 Å². The molecule has 0 aliphatic rings. The third-order valence-electron chi connectivity index (χ3n) is 8.99. The average Bonchev–Trinajstić information content (AvgIpc) is 3.53. The number of benzene rings is 5. The maximum absolute atomic E-state index is 13.1. The first-order chi connectivity index (χ1) is 21.9. The number of hydrogen-bond acceptors (Lipinski definition) is 3. The molecule has 0 radical (unpaired) electrons. The van der Waals surface area contributed by atoms with E-state index in [2.05, 4.69) is 94.6 Å². The van der Waals surface area contributed by atoms with Crippen molar-refractivity contribution in [3.05, 3.63) is 114 Å². The monoisotopic (exact) mass is 608 g/mol. The van der Waals surface area contributed by atoms with E-state index in [1.165, 1.54) is 0 Å². The van der Waals surface area contributed by atoms with Gasteiger partial charge in [-0.25, -0.2) is 4.79 Å². The second kappa shape index (κ2) is 10.3. The van der Waals surface area contributed by atoms with E-state index < -0.39 is 5.97 Å². The smallest absolute Gasteiger partial charge is 0.337 e. The predicted molar refractivity (Wildman–Crippen MR) is 186 cm³/mol. The van der Waals surface area contributed by atoms with Gasteiger partial charge in [-0.05, 0) is 76.6 Å². The van der Waals surface area contributed by atoms with Crippen LogP contribution in [0.4, 0.5) is 0 Å². The number of carboxylic acid groups (broad SMARTS) is 1. The van der Waals surface area contributed by atoms with E-state index in [1.807, 2.05) is 47.0 Å². The molecule has 230 valence electrons. The van der Waals surface area contributed by atoms with Crippen molar-refractivity contribution < 1.29 is 19.4 Å². The number of rotatable bonds is 5. The van der Waals surface area contributed by atoms with E-state index in [-0.39, 0.29) is 16.4 Å². The highest BCUT2D eigenvalue weighted by atomic mass is 16.5. The number of ether oxygens (including phenoxy) is 1. The van der Waals surface area contributed by atoms with Crippen LogP contribution in [0.1, 0.15) is 63.0 Å². The Kier molecular flexibility index (Phi) is 6.60. The molecule has 0 amide bonds. The van der Waals surface area contributed by atoms with Crippen LogP contribution in [0.15, 0.2) is 97.1 Å². The molecule has 7 rings (SSSR count). The number of carbonyl (C=O) groups excluding carboxylic acids is 1. The van der Waals surface area contributed by atoms with Gasteiger partial charge < -0.3 is 19.0 Å². The van der Waals surface area contributed by atoms with Crippen LogP contribution in [0.3, 0.4) is 0 Å². The molecular weight excluding hydrogens is 572 g/mol. The van der Waals surface area contributed by atoms with Crippen LogP contribution in [-0.2, 0) is 15.6 Å². The van der Waals surface area contributed by atoms with Crippen LogP contribution in [0, 0.1) is 0 Å². The largest absolute Gasteiger partial charge is 0.478 e. The molecule has 6 nitrogen and oxygen atoms in total. The molecule has 6 heteroatoms. The van der Waals surface area contributed by atoms with Gasteiger partial charge in [-0.15, -0.1) is 0 Å². The van der Waals surface area contributed by atoms with Gasteiger partial charge in [0, 0.05) is 32.9 Å². The number of fused-ring (bicyclic) bond motifs is 6. The number of hydrogen-bond donors (Lipinski definition) is 1. The zero-order chi connectivity index (χ0) is 32.5. The number of aromatic carboxylic acids is 1. The zero-order valence-corrected chi connectivity index (χ0v) is 26.9. The van der Waals surface area contributed by atoms with Crippen LogP contribution >= 0.6 is 0 Å². The molecule has 0 unspecified atom stereocenters. The Balaban J connectivity index is 1.69. The van der Waals surface area contributed by atoms with Gasteiger partial charge in [0.25, 0.3) is 6.47 Å². The summed E-state index contributed by atoms with van der Waals surface area (Å²) in [5.74, 6) is -0.639. The third-order valence-corrected chi connectivity index (χ3v) is 8.99. The van der Waals surface area contributed by atoms with Gasteiger partial charge in [0.05, 0.1) is 27.6 Å². The number of aromatic nitrogens is 2. The summed E-state index contributed by atoms with van der Waals surface area (Å²) in [6.45, 7) is 13.0. The Bertz CT molecular complexity index is 2350. The lowest BCUT2D eigenvalue weighted by Crippen LogP contribution is -2.13. The summed E-state index contributed by atoms with van der Waals surface area (Å²) in [7, 11) is 0. The fourth-order valence-corrected chi connectivity index (χ4v) is 6.62. The molecule has 0 atom stereocenters. The van der Waals surface area contributed by atoms with E-state index in [4.69, 9.17) is 4.74 Å². The summed E-state index contributed by atoms with van der Waals surface area (Å²) in [5.41, 5.74) is 6.57. The molecule has 0 bridgehead atoms. The van der Waals surface area contributed by atoms with Gasteiger partial charge in [0.1, 0.15) is 0 Å². The Hall–Kier alpha value is -5.36. The highest BCUT2D eigenvalue weighted by Gasteiger charge is 2.28. The van der Waals surface area contributed by atoms with Crippen LogP contribution in [0.25, 0.3) is 55.0 Å². The Morgan fingerprint density at radius 3 is 1.89 bits per heavy atom. The lowest BCUT2D eigenvalue weighted by atomic mass is 9.84. The zero-order valence-electron chi connectivity index (χ0n) is 26.9. The molecule has 0 aliphatic carbocycles. The van der Waals surface area contributed by atoms with Crippen LogP contribution in [0.2, 0.25) is 0 Å².